The number of sulfonamides is 1. The quantitative estimate of drug-likeness (QED) is 0.858. The molecule has 0 bridgehead atoms. The standard InChI is InChI=1S/C10H16N2O2S2/c1-7-6-15-9(5-11)10(7)16(13,14)12-8-3-2-4-8/h6,8,12H,2-5,11H2,1H3. The van der Waals surface area contributed by atoms with E-state index in [0.717, 1.165) is 29.7 Å². The molecule has 0 unspecified atom stereocenters. The molecule has 0 radical (unpaired) electrons. The average Bonchev–Trinajstić information content (AvgIpc) is 2.54. The summed E-state index contributed by atoms with van der Waals surface area (Å²) in [5, 5.41) is 1.84. The SMILES string of the molecule is Cc1csc(CN)c1S(=O)(=O)NC1CCC1. The van der Waals surface area contributed by atoms with E-state index in [1.54, 1.807) is 0 Å². The minimum atomic E-state index is -3.37. The number of rotatable bonds is 4. The molecule has 0 amide bonds. The molecule has 16 heavy (non-hydrogen) atoms. The van der Waals surface area contributed by atoms with Crippen molar-refractivity contribution in [2.24, 2.45) is 5.73 Å². The highest BCUT2D eigenvalue weighted by Crippen LogP contribution is 2.28. The molecule has 3 N–H and O–H groups in total. The molecule has 6 heteroatoms. The van der Waals surface area contributed by atoms with E-state index in [2.05, 4.69) is 4.72 Å². The smallest absolute Gasteiger partial charge is 0.242 e. The van der Waals surface area contributed by atoms with Crippen molar-refractivity contribution in [2.75, 3.05) is 0 Å². The predicted octanol–water partition coefficient (Wildman–Crippen LogP) is 1.35. The topological polar surface area (TPSA) is 72.2 Å². The predicted molar refractivity (Wildman–Crippen MR) is 64.9 cm³/mol. The minimum Gasteiger partial charge on any atom is -0.326 e. The Kier molecular flexibility index (Phi) is 3.34. The Balaban J connectivity index is 2.30. The van der Waals surface area contributed by atoms with E-state index in [4.69, 9.17) is 5.73 Å². The van der Waals surface area contributed by atoms with Crippen molar-refractivity contribution in [1.82, 2.24) is 4.72 Å². The van der Waals surface area contributed by atoms with Crippen molar-refractivity contribution in [2.45, 2.75) is 43.7 Å². The van der Waals surface area contributed by atoms with E-state index >= 15 is 0 Å². The first-order valence-corrected chi connectivity index (χ1v) is 7.70. The normalized spacial score (nSPS) is 17.4. The van der Waals surface area contributed by atoms with Crippen LogP contribution in [0.3, 0.4) is 0 Å². The lowest BCUT2D eigenvalue weighted by molar-refractivity contribution is 0.383. The van der Waals surface area contributed by atoms with Crippen LogP contribution in [0.15, 0.2) is 10.3 Å². The Hall–Kier alpha value is -0.430. The lowest BCUT2D eigenvalue weighted by Gasteiger charge is -2.26. The van der Waals surface area contributed by atoms with E-state index in [-0.39, 0.29) is 12.6 Å². The molecule has 0 aliphatic heterocycles. The number of hydrogen-bond acceptors (Lipinski definition) is 4. The van der Waals surface area contributed by atoms with Gasteiger partial charge in [-0.1, -0.05) is 6.42 Å². The summed E-state index contributed by atoms with van der Waals surface area (Å²) in [5.41, 5.74) is 6.35. The van der Waals surface area contributed by atoms with Gasteiger partial charge in [0.25, 0.3) is 0 Å². The van der Waals surface area contributed by atoms with Crippen LogP contribution in [-0.2, 0) is 16.6 Å². The molecule has 1 aromatic heterocycles. The summed E-state index contributed by atoms with van der Waals surface area (Å²) in [4.78, 5) is 1.14. The van der Waals surface area contributed by atoms with Gasteiger partial charge >= 0.3 is 0 Å². The second-order valence-corrected chi connectivity index (χ2v) is 6.74. The van der Waals surface area contributed by atoms with Crippen LogP contribution in [0.2, 0.25) is 0 Å². The molecule has 1 aromatic rings. The molecule has 2 rings (SSSR count). The summed E-state index contributed by atoms with van der Waals surface area (Å²) in [6.07, 6.45) is 3.00. The van der Waals surface area contributed by atoms with Gasteiger partial charge in [0, 0.05) is 17.5 Å². The molecule has 0 spiro atoms. The lowest BCUT2D eigenvalue weighted by atomic mass is 9.94. The van der Waals surface area contributed by atoms with Gasteiger partial charge in [0.15, 0.2) is 0 Å². The highest BCUT2D eigenvalue weighted by molar-refractivity contribution is 7.89. The van der Waals surface area contributed by atoms with E-state index in [1.807, 2.05) is 12.3 Å². The third-order valence-corrected chi connectivity index (χ3v) is 5.88. The van der Waals surface area contributed by atoms with E-state index in [1.165, 1.54) is 11.3 Å². The van der Waals surface area contributed by atoms with Crippen LogP contribution in [0, 0.1) is 6.92 Å². The fourth-order valence-electron chi connectivity index (χ4n) is 1.79. The van der Waals surface area contributed by atoms with Crippen LogP contribution in [0.25, 0.3) is 0 Å². The van der Waals surface area contributed by atoms with Gasteiger partial charge in [-0.05, 0) is 30.7 Å². The van der Waals surface area contributed by atoms with Crippen LogP contribution in [0.4, 0.5) is 0 Å². The van der Waals surface area contributed by atoms with E-state index in [9.17, 15) is 8.42 Å². The van der Waals surface area contributed by atoms with Gasteiger partial charge in [-0.3, -0.25) is 0 Å². The van der Waals surface area contributed by atoms with Crippen molar-refractivity contribution in [3.63, 3.8) is 0 Å². The molecule has 4 nitrogen and oxygen atoms in total. The lowest BCUT2D eigenvalue weighted by Crippen LogP contribution is -2.39. The van der Waals surface area contributed by atoms with Gasteiger partial charge in [-0.2, -0.15) is 0 Å². The Bertz CT molecular complexity index is 475. The van der Waals surface area contributed by atoms with Gasteiger partial charge in [-0.25, -0.2) is 13.1 Å². The number of thiophene rings is 1. The largest absolute Gasteiger partial charge is 0.326 e. The Morgan fingerprint density at radius 2 is 2.25 bits per heavy atom. The highest BCUT2D eigenvalue weighted by Gasteiger charge is 2.28. The highest BCUT2D eigenvalue weighted by atomic mass is 32.2. The monoisotopic (exact) mass is 260 g/mol. The summed E-state index contributed by atoms with van der Waals surface area (Å²) in [6.45, 7) is 2.09. The summed E-state index contributed by atoms with van der Waals surface area (Å²) in [6, 6.07) is 0.120. The first-order valence-electron chi connectivity index (χ1n) is 5.34. The van der Waals surface area contributed by atoms with Crippen LogP contribution in [0.5, 0.6) is 0 Å². The molecule has 1 heterocycles. The molecule has 90 valence electrons. The van der Waals surface area contributed by atoms with Gasteiger partial charge in [0.2, 0.25) is 10.0 Å². The van der Waals surface area contributed by atoms with Crippen molar-refractivity contribution >= 4 is 21.4 Å². The molecule has 1 aliphatic rings. The van der Waals surface area contributed by atoms with E-state index < -0.39 is 10.0 Å². The van der Waals surface area contributed by atoms with Crippen molar-refractivity contribution in [1.29, 1.82) is 0 Å². The van der Waals surface area contributed by atoms with Crippen LogP contribution in [0.1, 0.15) is 29.7 Å². The van der Waals surface area contributed by atoms with E-state index in [0.29, 0.717) is 4.90 Å². The Morgan fingerprint density at radius 3 is 2.75 bits per heavy atom. The Morgan fingerprint density at radius 1 is 1.56 bits per heavy atom. The molecular weight excluding hydrogens is 244 g/mol. The van der Waals surface area contributed by atoms with Crippen LogP contribution >= 0.6 is 11.3 Å². The van der Waals surface area contributed by atoms with Crippen molar-refractivity contribution < 1.29 is 8.42 Å². The third kappa shape index (κ3) is 2.15. The maximum atomic E-state index is 12.1. The summed E-state index contributed by atoms with van der Waals surface area (Å²) >= 11 is 1.41. The number of aryl methyl sites for hydroxylation is 1. The Labute approximate surface area is 99.9 Å². The zero-order valence-corrected chi connectivity index (χ0v) is 10.8. The summed E-state index contributed by atoms with van der Waals surface area (Å²) < 4.78 is 27.0. The second kappa shape index (κ2) is 4.44. The van der Waals surface area contributed by atoms with Gasteiger partial charge < -0.3 is 5.73 Å². The summed E-state index contributed by atoms with van der Waals surface area (Å²) in [7, 11) is -3.37. The van der Waals surface area contributed by atoms with Gasteiger partial charge in [-0.15, -0.1) is 11.3 Å². The van der Waals surface area contributed by atoms with Gasteiger partial charge in [0.1, 0.15) is 4.90 Å². The maximum absolute atomic E-state index is 12.1. The zero-order valence-electron chi connectivity index (χ0n) is 9.19. The zero-order chi connectivity index (χ0) is 11.8. The number of nitrogens with two attached hydrogens (primary N) is 1. The van der Waals surface area contributed by atoms with Crippen LogP contribution in [-0.4, -0.2) is 14.5 Å². The summed E-state index contributed by atoms with van der Waals surface area (Å²) in [5.74, 6) is 0. The maximum Gasteiger partial charge on any atom is 0.242 e. The molecular formula is C10H16N2O2S2. The number of hydrogen-bond donors (Lipinski definition) is 2. The molecule has 0 atom stereocenters. The fraction of sp³-hybridized carbons (Fsp3) is 0.600. The molecule has 1 fully saturated rings. The molecule has 0 aromatic carbocycles. The second-order valence-electron chi connectivity index (χ2n) is 4.12. The molecule has 0 saturated heterocycles. The molecule has 1 aliphatic carbocycles. The molecule has 1 saturated carbocycles. The van der Waals surface area contributed by atoms with Crippen LogP contribution < -0.4 is 10.5 Å². The minimum absolute atomic E-state index is 0.120. The third-order valence-electron chi connectivity index (χ3n) is 2.87. The van der Waals surface area contributed by atoms with Crippen molar-refractivity contribution in [3.8, 4) is 0 Å². The van der Waals surface area contributed by atoms with Gasteiger partial charge in [0.05, 0.1) is 0 Å². The first kappa shape index (κ1) is 12.0. The van der Waals surface area contributed by atoms with Crippen molar-refractivity contribution in [3.05, 3.63) is 15.8 Å². The number of nitrogens with one attached hydrogen (secondary N) is 1. The fourth-order valence-corrected chi connectivity index (χ4v) is 4.80. The average molecular weight is 260 g/mol. The first-order chi connectivity index (χ1) is 7.54.